The summed E-state index contributed by atoms with van der Waals surface area (Å²) in [6.45, 7) is 1.92. The zero-order valence-electron chi connectivity index (χ0n) is 12.4. The maximum Gasteiger partial charge on any atom is 0.500 e. The topological polar surface area (TPSA) is 43.3 Å². The zero-order valence-corrected chi connectivity index (χ0v) is 13.4. The molecule has 0 amide bonds. The Morgan fingerprint density at radius 2 is 1.67 bits per heavy atom. The average molecular weight is 276 g/mol. The number of aliphatic imine (C=N–C) groups is 1. The quantitative estimate of drug-likeness (QED) is 0.327. The van der Waals surface area contributed by atoms with E-state index < -0.39 is 8.80 Å². The second-order valence-corrected chi connectivity index (χ2v) is 7.52. The summed E-state index contributed by atoms with van der Waals surface area (Å²) in [5.41, 5.74) is 0. The SMILES string of the molecule is CO[Si](CCCN=CCCCN(C)C)(OC)OC. The molecule has 0 atom stereocenters. The molecule has 0 spiro atoms. The van der Waals surface area contributed by atoms with Gasteiger partial charge in [0.15, 0.2) is 0 Å². The van der Waals surface area contributed by atoms with Crippen molar-refractivity contribution in [2.24, 2.45) is 4.99 Å². The second-order valence-electron chi connectivity index (χ2n) is 4.43. The Kier molecular flexibility index (Phi) is 10.5. The molecule has 0 aromatic heterocycles. The van der Waals surface area contributed by atoms with E-state index in [-0.39, 0.29) is 0 Å². The van der Waals surface area contributed by atoms with Gasteiger partial charge in [-0.05, 0) is 46.1 Å². The van der Waals surface area contributed by atoms with Crippen molar-refractivity contribution in [3.8, 4) is 0 Å². The van der Waals surface area contributed by atoms with Crippen LogP contribution in [0.2, 0.25) is 6.04 Å². The molecule has 108 valence electrons. The molecule has 6 heteroatoms. The van der Waals surface area contributed by atoms with Crippen molar-refractivity contribution >= 4 is 15.0 Å². The Morgan fingerprint density at radius 1 is 1.06 bits per heavy atom. The minimum Gasteiger partial charge on any atom is -0.377 e. The van der Waals surface area contributed by atoms with Crippen molar-refractivity contribution < 1.29 is 13.3 Å². The largest absolute Gasteiger partial charge is 0.500 e. The first kappa shape index (κ1) is 17.7. The van der Waals surface area contributed by atoms with Crippen molar-refractivity contribution in [2.75, 3.05) is 48.5 Å². The Hall–Kier alpha value is -0.273. The van der Waals surface area contributed by atoms with Gasteiger partial charge in [0.1, 0.15) is 0 Å². The molecule has 0 fully saturated rings. The summed E-state index contributed by atoms with van der Waals surface area (Å²) >= 11 is 0. The molecule has 0 aliphatic heterocycles. The molecule has 0 saturated heterocycles. The molecule has 0 aromatic carbocycles. The smallest absolute Gasteiger partial charge is 0.377 e. The summed E-state index contributed by atoms with van der Waals surface area (Å²) in [4.78, 5) is 6.57. The molecule has 0 rings (SSSR count). The van der Waals surface area contributed by atoms with Crippen molar-refractivity contribution in [2.45, 2.75) is 25.3 Å². The number of unbranched alkanes of at least 4 members (excludes halogenated alkanes) is 1. The molecule has 0 aliphatic rings. The standard InChI is InChI=1S/C12H28N2O3Si/c1-14(2)11-7-6-9-13-10-8-12-18(15-3,16-4)17-5/h9H,6-8,10-12H2,1-5H3. The van der Waals surface area contributed by atoms with Gasteiger partial charge in [0.05, 0.1) is 0 Å². The van der Waals surface area contributed by atoms with E-state index in [1.54, 1.807) is 21.3 Å². The lowest BCUT2D eigenvalue weighted by atomic mass is 10.3. The first-order valence-corrected chi connectivity index (χ1v) is 8.32. The van der Waals surface area contributed by atoms with Crippen LogP contribution in [0.25, 0.3) is 0 Å². The summed E-state index contributed by atoms with van der Waals surface area (Å²) in [7, 11) is 6.71. The first-order chi connectivity index (χ1) is 8.60. The fraction of sp³-hybridized carbons (Fsp3) is 0.917. The van der Waals surface area contributed by atoms with Gasteiger partial charge in [-0.1, -0.05) is 0 Å². The third-order valence-corrected chi connectivity index (χ3v) is 5.60. The van der Waals surface area contributed by atoms with Gasteiger partial charge >= 0.3 is 8.80 Å². The van der Waals surface area contributed by atoms with Crippen molar-refractivity contribution in [3.05, 3.63) is 0 Å². The van der Waals surface area contributed by atoms with Gasteiger partial charge in [-0.2, -0.15) is 0 Å². The predicted molar refractivity (Wildman–Crippen MR) is 77.4 cm³/mol. The summed E-state index contributed by atoms with van der Waals surface area (Å²) in [6.07, 6.45) is 5.15. The van der Waals surface area contributed by atoms with E-state index in [4.69, 9.17) is 13.3 Å². The number of rotatable bonds is 11. The Balaban J connectivity index is 3.62. The number of hydrogen-bond acceptors (Lipinski definition) is 5. The number of hydrogen-bond donors (Lipinski definition) is 0. The molecule has 18 heavy (non-hydrogen) atoms. The van der Waals surface area contributed by atoms with Gasteiger partial charge in [0, 0.05) is 33.9 Å². The molecule has 0 saturated carbocycles. The molecular formula is C12H28N2O3Si. The average Bonchev–Trinajstić information content (AvgIpc) is 2.38. The van der Waals surface area contributed by atoms with Crippen molar-refractivity contribution in [1.29, 1.82) is 0 Å². The van der Waals surface area contributed by atoms with Crippen LogP contribution >= 0.6 is 0 Å². The molecule has 0 aliphatic carbocycles. The van der Waals surface area contributed by atoms with E-state index in [2.05, 4.69) is 24.0 Å². The van der Waals surface area contributed by atoms with Gasteiger partial charge in [-0.15, -0.1) is 0 Å². The lowest BCUT2D eigenvalue weighted by molar-refractivity contribution is 0.123. The van der Waals surface area contributed by atoms with Crippen LogP contribution in [0, 0.1) is 0 Å². The van der Waals surface area contributed by atoms with Crippen LogP contribution in [-0.2, 0) is 13.3 Å². The molecule has 0 aromatic rings. The van der Waals surface area contributed by atoms with Crippen LogP contribution in [0.3, 0.4) is 0 Å². The highest BCUT2D eigenvalue weighted by atomic mass is 28.4. The van der Waals surface area contributed by atoms with Crippen LogP contribution < -0.4 is 0 Å². The van der Waals surface area contributed by atoms with E-state index in [9.17, 15) is 0 Å². The lowest BCUT2D eigenvalue weighted by Gasteiger charge is -2.23. The minimum atomic E-state index is -2.39. The minimum absolute atomic E-state index is 0.811. The van der Waals surface area contributed by atoms with Crippen molar-refractivity contribution in [1.82, 2.24) is 4.90 Å². The van der Waals surface area contributed by atoms with Crippen molar-refractivity contribution in [3.63, 3.8) is 0 Å². The Bertz CT molecular complexity index is 213. The Labute approximate surface area is 113 Å². The molecule has 0 bridgehead atoms. The first-order valence-electron chi connectivity index (χ1n) is 6.38. The van der Waals surface area contributed by atoms with Crippen LogP contribution in [0.1, 0.15) is 19.3 Å². The van der Waals surface area contributed by atoms with Crippen LogP contribution in [0.15, 0.2) is 4.99 Å². The monoisotopic (exact) mass is 276 g/mol. The molecular weight excluding hydrogens is 248 g/mol. The van der Waals surface area contributed by atoms with Gasteiger partial charge in [-0.25, -0.2) is 0 Å². The summed E-state index contributed by atoms with van der Waals surface area (Å²) < 4.78 is 16.0. The highest BCUT2D eigenvalue weighted by molar-refractivity contribution is 6.60. The van der Waals surface area contributed by atoms with E-state index in [0.717, 1.165) is 38.4 Å². The maximum atomic E-state index is 5.34. The third-order valence-electron chi connectivity index (χ3n) is 2.77. The zero-order chi connectivity index (χ0) is 13.9. The molecule has 0 unspecified atom stereocenters. The van der Waals surface area contributed by atoms with Gasteiger partial charge < -0.3 is 18.2 Å². The van der Waals surface area contributed by atoms with Crippen LogP contribution in [-0.4, -0.2) is 68.4 Å². The number of nitrogens with zero attached hydrogens (tertiary/aromatic N) is 2. The van der Waals surface area contributed by atoms with Crippen LogP contribution in [0.5, 0.6) is 0 Å². The Morgan fingerprint density at radius 3 is 2.17 bits per heavy atom. The fourth-order valence-corrected chi connectivity index (χ4v) is 3.33. The van der Waals surface area contributed by atoms with Crippen LogP contribution in [0.4, 0.5) is 0 Å². The summed E-state index contributed by atoms with van der Waals surface area (Å²) in [6, 6.07) is 0.811. The third kappa shape index (κ3) is 7.94. The summed E-state index contributed by atoms with van der Waals surface area (Å²) in [5, 5.41) is 0. The van der Waals surface area contributed by atoms with E-state index in [1.807, 2.05) is 6.21 Å². The van der Waals surface area contributed by atoms with Gasteiger partial charge in [-0.3, -0.25) is 4.99 Å². The molecule has 0 heterocycles. The lowest BCUT2D eigenvalue weighted by Crippen LogP contribution is -2.42. The molecule has 0 radical (unpaired) electrons. The van der Waals surface area contributed by atoms with Gasteiger partial charge in [0.25, 0.3) is 0 Å². The molecule has 5 nitrogen and oxygen atoms in total. The normalized spacial score (nSPS) is 12.8. The fourth-order valence-electron chi connectivity index (χ4n) is 1.62. The predicted octanol–water partition coefficient (Wildman–Crippen LogP) is 1.67. The van der Waals surface area contributed by atoms with E-state index >= 15 is 0 Å². The highest BCUT2D eigenvalue weighted by Gasteiger charge is 2.36. The maximum absolute atomic E-state index is 5.34. The van der Waals surface area contributed by atoms with E-state index in [0.29, 0.717) is 0 Å². The second kappa shape index (κ2) is 10.6. The molecule has 0 N–H and O–H groups in total. The van der Waals surface area contributed by atoms with E-state index in [1.165, 1.54) is 0 Å². The summed E-state index contributed by atoms with van der Waals surface area (Å²) in [5.74, 6) is 0. The highest BCUT2D eigenvalue weighted by Crippen LogP contribution is 2.14. The van der Waals surface area contributed by atoms with Gasteiger partial charge in [0.2, 0.25) is 0 Å².